The molecule has 1 unspecified atom stereocenters. The summed E-state index contributed by atoms with van der Waals surface area (Å²) in [6.45, 7) is 6.12. The van der Waals surface area contributed by atoms with Crippen LogP contribution in [0.1, 0.15) is 20.3 Å². The summed E-state index contributed by atoms with van der Waals surface area (Å²) in [4.78, 5) is 2.18. The molecule has 0 aliphatic rings. The molecule has 0 aliphatic heterocycles. The molecule has 0 saturated carbocycles. The first-order valence-corrected chi connectivity index (χ1v) is 6.10. The van der Waals surface area contributed by atoms with E-state index in [1.807, 2.05) is 0 Å². The monoisotopic (exact) mass is 252 g/mol. The molecule has 0 bridgehead atoms. The molecule has 0 spiro atoms. The molecule has 0 saturated heterocycles. The average Bonchev–Trinajstić information content (AvgIpc) is 2.11. The smallest absolute Gasteiger partial charge is 0.0432 e. The summed E-state index contributed by atoms with van der Waals surface area (Å²) in [6.07, 6.45) is 1.14. The third-order valence-electron chi connectivity index (χ3n) is 2.02. The Hall–Kier alpha value is 0.240. The Morgan fingerprint density at radius 3 is 2.40 bits per heavy atom. The molecule has 2 nitrogen and oxygen atoms in total. The van der Waals surface area contributed by atoms with Gasteiger partial charge in [0, 0.05) is 29.7 Å². The molecule has 1 N–H and O–H groups in total. The molecule has 0 fully saturated rings. The lowest BCUT2D eigenvalue weighted by molar-refractivity contribution is 0.311. The van der Waals surface area contributed by atoms with Crippen molar-refractivity contribution in [1.29, 1.82) is 0 Å². The molecule has 0 heterocycles. The van der Waals surface area contributed by atoms with Crippen molar-refractivity contribution < 1.29 is 0 Å². The minimum absolute atomic E-state index is 0.463. The third-order valence-corrected chi connectivity index (χ3v) is 2.64. The van der Waals surface area contributed by atoms with Crippen molar-refractivity contribution in [2.75, 3.05) is 27.2 Å². The second-order valence-corrected chi connectivity index (χ2v) is 5.23. The Balaban J connectivity index is 4.00. The lowest BCUT2D eigenvalue weighted by atomic mass is 10.0. The van der Waals surface area contributed by atoms with Gasteiger partial charge in [-0.15, -0.1) is 0 Å². The van der Waals surface area contributed by atoms with Crippen LogP contribution < -0.4 is 5.32 Å². The van der Waals surface area contributed by atoms with Crippen molar-refractivity contribution in [3.63, 3.8) is 0 Å². The van der Waals surface area contributed by atoms with Crippen molar-refractivity contribution in [1.82, 2.24) is 10.2 Å². The molecule has 0 rings (SSSR count). The number of rotatable bonds is 7. The Morgan fingerprint density at radius 2 is 2.00 bits per heavy atom. The molecule has 0 aliphatic carbocycles. The molecule has 0 aromatic carbocycles. The van der Waals surface area contributed by atoms with Gasteiger partial charge in [-0.1, -0.05) is 37.0 Å². The fraction of sp³-hybridized carbons (Fsp3) is 0.818. The van der Waals surface area contributed by atoms with Gasteiger partial charge in [-0.3, -0.25) is 0 Å². The van der Waals surface area contributed by atoms with Crippen LogP contribution in [0.4, 0.5) is 0 Å². The van der Waals surface area contributed by atoms with E-state index in [9.17, 15) is 0 Å². The summed E-state index contributed by atoms with van der Waals surface area (Å²) >= 11 is 11.3. The molecule has 15 heavy (non-hydrogen) atoms. The molecule has 4 heteroatoms. The van der Waals surface area contributed by atoms with Gasteiger partial charge >= 0.3 is 0 Å². The second-order valence-electron chi connectivity index (χ2n) is 4.53. The highest BCUT2D eigenvalue weighted by Crippen LogP contribution is 2.07. The van der Waals surface area contributed by atoms with Gasteiger partial charge < -0.3 is 10.2 Å². The SMILES string of the molecule is CC(C)CC(CN(C)C)NCC(Cl)=CCl. The summed E-state index contributed by atoms with van der Waals surface area (Å²) in [7, 11) is 4.15. The number of likely N-dealkylation sites (N-methyl/N-ethyl adjacent to an activating group) is 1. The highest BCUT2D eigenvalue weighted by Gasteiger charge is 2.11. The average molecular weight is 253 g/mol. The minimum atomic E-state index is 0.463. The van der Waals surface area contributed by atoms with Crippen molar-refractivity contribution in [2.24, 2.45) is 5.92 Å². The van der Waals surface area contributed by atoms with Crippen molar-refractivity contribution in [2.45, 2.75) is 26.3 Å². The van der Waals surface area contributed by atoms with Gasteiger partial charge in [0.1, 0.15) is 0 Å². The predicted molar refractivity (Wildman–Crippen MR) is 69.6 cm³/mol. The Labute approximate surface area is 104 Å². The van der Waals surface area contributed by atoms with E-state index >= 15 is 0 Å². The first-order valence-electron chi connectivity index (χ1n) is 5.28. The predicted octanol–water partition coefficient (Wildman–Crippen LogP) is 2.87. The van der Waals surface area contributed by atoms with Gasteiger partial charge in [0.2, 0.25) is 0 Å². The van der Waals surface area contributed by atoms with Crippen molar-refractivity contribution in [3.8, 4) is 0 Å². The lowest BCUT2D eigenvalue weighted by Crippen LogP contribution is -2.39. The van der Waals surface area contributed by atoms with Gasteiger partial charge in [0.25, 0.3) is 0 Å². The number of hydrogen-bond acceptors (Lipinski definition) is 2. The van der Waals surface area contributed by atoms with Crippen molar-refractivity contribution >= 4 is 23.2 Å². The van der Waals surface area contributed by atoms with Crippen LogP contribution in [0.25, 0.3) is 0 Å². The highest BCUT2D eigenvalue weighted by atomic mass is 35.5. The van der Waals surface area contributed by atoms with Crippen LogP contribution in [0.15, 0.2) is 10.6 Å². The topological polar surface area (TPSA) is 15.3 Å². The lowest BCUT2D eigenvalue weighted by Gasteiger charge is -2.23. The van der Waals surface area contributed by atoms with E-state index in [4.69, 9.17) is 23.2 Å². The van der Waals surface area contributed by atoms with E-state index < -0.39 is 0 Å². The molecule has 0 radical (unpaired) electrons. The van der Waals surface area contributed by atoms with Gasteiger partial charge in [0.15, 0.2) is 0 Å². The van der Waals surface area contributed by atoms with E-state index in [1.54, 1.807) is 0 Å². The minimum Gasteiger partial charge on any atom is -0.308 e. The van der Waals surface area contributed by atoms with Gasteiger partial charge in [-0.05, 0) is 26.4 Å². The highest BCUT2D eigenvalue weighted by molar-refractivity contribution is 6.36. The second kappa shape index (κ2) is 8.40. The first-order chi connectivity index (χ1) is 6.95. The summed E-state index contributed by atoms with van der Waals surface area (Å²) < 4.78 is 0. The molecular formula is C11H22Cl2N2. The van der Waals surface area contributed by atoms with E-state index in [-0.39, 0.29) is 0 Å². The normalized spacial score (nSPS) is 15.1. The van der Waals surface area contributed by atoms with Gasteiger partial charge in [0.05, 0.1) is 0 Å². The molecule has 0 aromatic heterocycles. The fourth-order valence-electron chi connectivity index (χ4n) is 1.51. The van der Waals surface area contributed by atoms with Crippen LogP contribution in [0.2, 0.25) is 0 Å². The Kier molecular flexibility index (Phi) is 8.53. The third kappa shape index (κ3) is 9.19. The number of halogens is 2. The van der Waals surface area contributed by atoms with E-state index in [0.29, 0.717) is 23.5 Å². The molecule has 90 valence electrons. The number of nitrogens with zero attached hydrogens (tertiary/aromatic N) is 1. The summed E-state index contributed by atoms with van der Waals surface area (Å²) in [6, 6.07) is 0.463. The fourth-order valence-corrected chi connectivity index (χ4v) is 1.67. The zero-order valence-corrected chi connectivity index (χ0v) is 11.6. The van der Waals surface area contributed by atoms with Crippen LogP contribution >= 0.6 is 23.2 Å². The maximum Gasteiger partial charge on any atom is 0.0432 e. The maximum atomic E-state index is 5.84. The first kappa shape index (κ1) is 15.2. The van der Waals surface area contributed by atoms with Crippen LogP contribution in [-0.2, 0) is 0 Å². The molecule has 1 atom stereocenters. The Bertz CT molecular complexity index is 181. The molecular weight excluding hydrogens is 231 g/mol. The van der Waals surface area contributed by atoms with Gasteiger partial charge in [-0.2, -0.15) is 0 Å². The molecule has 0 amide bonds. The van der Waals surface area contributed by atoms with Crippen LogP contribution in [0, 0.1) is 5.92 Å². The zero-order valence-electron chi connectivity index (χ0n) is 10.1. The largest absolute Gasteiger partial charge is 0.308 e. The van der Waals surface area contributed by atoms with Crippen LogP contribution in [0.5, 0.6) is 0 Å². The zero-order chi connectivity index (χ0) is 11.8. The maximum absolute atomic E-state index is 5.84. The number of hydrogen-bond donors (Lipinski definition) is 1. The Morgan fingerprint density at radius 1 is 1.40 bits per heavy atom. The summed E-state index contributed by atoms with van der Waals surface area (Å²) in [5, 5.41) is 4.06. The van der Waals surface area contributed by atoms with E-state index in [2.05, 4.69) is 38.2 Å². The van der Waals surface area contributed by atoms with Gasteiger partial charge in [-0.25, -0.2) is 0 Å². The number of nitrogens with one attached hydrogen (secondary N) is 1. The van der Waals surface area contributed by atoms with Crippen molar-refractivity contribution in [3.05, 3.63) is 10.6 Å². The van der Waals surface area contributed by atoms with Crippen LogP contribution in [-0.4, -0.2) is 38.1 Å². The van der Waals surface area contributed by atoms with E-state index in [0.717, 1.165) is 13.0 Å². The standard InChI is InChI=1S/C11H22Cl2N2/c1-9(2)5-11(8-15(3)4)14-7-10(13)6-12/h6,9,11,14H,5,7-8H2,1-4H3. The summed E-state index contributed by atoms with van der Waals surface area (Å²) in [5.41, 5.74) is 1.41. The quantitative estimate of drug-likeness (QED) is 0.750. The van der Waals surface area contributed by atoms with Crippen LogP contribution in [0.3, 0.4) is 0 Å². The molecule has 0 aromatic rings. The summed E-state index contributed by atoms with van der Waals surface area (Å²) in [5.74, 6) is 0.682. The van der Waals surface area contributed by atoms with E-state index in [1.165, 1.54) is 5.54 Å².